The number of nitrogens with one attached hydrogen (secondary N) is 1. The van der Waals surface area contributed by atoms with E-state index >= 15 is 0 Å². The lowest BCUT2D eigenvalue weighted by atomic mass is 9.85. The standard InChI is InChI=1S/C21H24N2O5/c1-13(2)14-7-9-15(10-8-14)22-18(24)12-28-19(25)11-23-20(26)16-5-3-4-6-17(16)21(23)27/h3-4,7-10,13,16-17H,5-6,11-12H2,1-2H3,(H,22,24)/t16-,17-/m1/s1. The average molecular weight is 384 g/mol. The minimum Gasteiger partial charge on any atom is -0.454 e. The number of fused-ring (bicyclic) bond motifs is 1. The van der Waals surface area contributed by atoms with E-state index in [0.717, 1.165) is 10.5 Å². The number of hydrogen-bond donors (Lipinski definition) is 1. The third kappa shape index (κ3) is 4.30. The molecule has 3 amide bonds. The van der Waals surface area contributed by atoms with Crippen LogP contribution in [0.4, 0.5) is 5.69 Å². The fourth-order valence-corrected chi connectivity index (χ4v) is 3.49. The molecule has 3 rings (SSSR count). The van der Waals surface area contributed by atoms with Gasteiger partial charge < -0.3 is 10.1 Å². The van der Waals surface area contributed by atoms with Gasteiger partial charge in [-0.1, -0.05) is 38.1 Å². The van der Waals surface area contributed by atoms with E-state index < -0.39 is 25.0 Å². The fourth-order valence-electron chi connectivity index (χ4n) is 3.49. The normalized spacial score (nSPS) is 21.0. The molecule has 7 nitrogen and oxygen atoms in total. The van der Waals surface area contributed by atoms with Crippen molar-refractivity contribution in [3.63, 3.8) is 0 Å². The molecular weight excluding hydrogens is 360 g/mol. The maximum absolute atomic E-state index is 12.3. The Morgan fingerprint density at radius 2 is 1.64 bits per heavy atom. The van der Waals surface area contributed by atoms with Crippen LogP contribution in [0.5, 0.6) is 0 Å². The summed E-state index contributed by atoms with van der Waals surface area (Å²) >= 11 is 0. The largest absolute Gasteiger partial charge is 0.454 e. The van der Waals surface area contributed by atoms with E-state index in [9.17, 15) is 19.2 Å². The van der Waals surface area contributed by atoms with Gasteiger partial charge in [-0.25, -0.2) is 0 Å². The lowest BCUT2D eigenvalue weighted by molar-refractivity contribution is -0.154. The molecule has 148 valence electrons. The highest BCUT2D eigenvalue weighted by Gasteiger charge is 2.47. The van der Waals surface area contributed by atoms with Crippen LogP contribution in [0, 0.1) is 11.8 Å². The van der Waals surface area contributed by atoms with Gasteiger partial charge in [-0.3, -0.25) is 24.1 Å². The maximum atomic E-state index is 12.3. The molecule has 1 N–H and O–H groups in total. The highest BCUT2D eigenvalue weighted by Crippen LogP contribution is 2.34. The van der Waals surface area contributed by atoms with Crippen LogP contribution in [0.3, 0.4) is 0 Å². The number of benzene rings is 1. The lowest BCUT2D eigenvalue weighted by Crippen LogP contribution is -2.37. The number of allylic oxidation sites excluding steroid dienone is 2. The van der Waals surface area contributed by atoms with Gasteiger partial charge in [0.05, 0.1) is 11.8 Å². The summed E-state index contributed by atoms with van der Waals surface area (Å²) in [6.45, 7) is 3.22. The summed E-state index contributed by atoms with van der Waals surface area (Å²) < 4.78 is 4.94. The molecule has 0 radical (unpaired) electrons. The number of nitrogens with zero attached hydrogens (tertiary/aromatic N) is 1. The highest BCUT2D eigenvalue weighted by atomic mass is 16.5. The molecule has 0 bridgehead atoms. The average Bonchev–Trinajstić information content (AvgIpc) is 2.92. The Morgan fingerprint density at radius 1 is 1.07 bits per heavy atom. The van der Waals surface area contributed by atoms with Gasteiger partial charge in [0.25, 0.3) is 5.91 Å². The van der Waals surface area contributed by atoms with Gasteiger partial charge in [0.1, 0.15) is 6.54 Å². The summed E-state index contributed by atoms with van der Waals surface area (Å²) in [7, 11) is 0. The van der Waals surface area contributed by atoms with Crippen molar-refractivity contribution in [1.29, 1.82) is 0 Å². The molecular formula is C21H24N2O5. The number of rotatable bonds is 6. The molecule has 1 aromatic carbocycles. The van der Waals surface area contributed by atoms with E-state index in [1.165, 1.54) is 0 Å². The van der Waals surface area contributed by atoms with Gasteiger partial charge >= 0.3 is 5.97 Å². The first-order chi connectivity index (χ1) is 13.4. The Hall–Kier alpha value is -2.96. The van der Waals surface area contributed by atoms with Gasteiger partial charge in [0, 0.05) is 5.69 Å². The van der Waals surface area contributed by atoms with Crippen LogP contribution in [0.1, 0.15) is 38.2 Å². The van der Waals surface area contributed by atoms with Crippen molar-refractivity contribution < 1.29 is 23.9 Å². The first-order valence-electron chi connectivity index (χ1n) is 9.42. The number of esters is 1. The van der Waals surface area contributed by atoms with Gasteiger partial charge in [0.2, 0.25) is 11.8 Å². The molecule has 1 aromatic rings. The number of likely N-dealkylation sites (tertiary alicyclic amines) is 1. The zero-order valence-electron chi connectivity index (χ0n) is 16.0. The Balaban J connectivity index is 1.47. The Kier molecular flexibility index (Phi) is 5.92. The van der Waals surface area contributed by atoms with E-state index in [1.807, 2.05) is 24.3 Å². The van der Waals surface area contributed by atoms with Crippen molar-refractivity contribution in [2.75, 3.05) is 18.5 Å². The van der Waals surface area contributed by atoms with Gasteiger partial charge in [-0.15, -0.1) is 0 Å². The van der Waals surface area contributed by atoms with Crippen molar-refractivity contribution in [3.8, 4) is 0 Å². The molecule has 0 saturated carbocycles. The summed E-state index contributed by atoms with van der Waals surface area (Å²) in [6, 6.07) is 7.41. The van der Waals surface area contributed by atoms with Crippen LogP contribution in [0.25, 0.3) is 0 Å². The quantitative estimate of drug-likeness (QED) is 0.461. The first kappa shape index (κ1) is 19.8. The van der Waals surface area contributed by atoms with Crippen LogP contribution < -0.4 is 5.32 Å². The van der Waals surface area contributed by atoms with Gasteiger partial charge in [-0.2, -0.15) is 0 Å². The first-order valence-corrected chi connectivity index (χ1v) is 9.42. The third-order valence-electron chi connectivity index (χ3n) is 5.11. The van der Waals surface area contributed by atoms with Gasteiger partial charge in [0.15, 0.2) is 6.61 Å². The molecule has 2 atom stereocenters. The molecule has 1 saturated heterocycles. The number of carbonyl (C=O) groups is 4. The van der Waals surface area contributed by atoms with E-state index in [0.29, 0.717) is 24.4 Å². The van der Waals surface area contributed by atoms with Crippen molar-refractivity contribution in [3.05, 3.63) is 42.0 Å². The van der Waals surface area contributed by atoms with Crippen LogP contribution in [0.15, 0.2) is 36.4 Å². The number of hydrogen-bond acceptors (Lipinski definition) is 5. The van der Waals surface area contributed by atoms with E-state index in [2.05, 4.69) is 19.2 Å². The topological polar surface area (TPSA) is 92.8 Å². The molecule has 1 aliphatic heterocycles. The monoisotopic (exact) mass is 384 g/mol. The van der Waals surface area contributed by atoms with Crippen LogP contribution in [0.2, 0.25) is 0 Å². The number of ether oxygens (including phenoxy) is 1. The van der Waals surface area contributed by atoms with Crippen LogP contribution in [-0.4, -0.2) is 41.7 Å². The van der Waals surface area contributed by atoms with Crippen LogP contribution in [-0.2, 0) is 23.9 Å². The molecule has 0 aromatic heterocycles. The number of amides is 3. The molecule has 1 fully saturated rings. The van der Waals surface area contributed by atoms with Crippen LogP contribution >= 0.6 is 0 Å². The van der Waals surface area contributed by atoms with E-state index in [1.54, 1.807) is 12.1 Å². The molecule has 2 aliphatic rings. The summed E-state index contributed by atoms with van der Waals surface area (Å²) in [5, 5.41) is 2.64. The number of anilines is 1. The SMILES string of the molecule is CC(C)c1ccc(NC(=O)COC(=O)CN2C(=O)[C@@H]3CC=CC[C@H]3C2=O)cc1. The summed E-state index contributed by atoms with van der Waals surface area (Å²) in [5.41, 5.74) is 1.76. The van der Waals surface area contributed by atoms with E-state index in [-0.39, 0.29) is 23.7 Å². The van der Waals surface area contributed by atoms with Crippen molar-refractivity contribution in [2.45, 2.75) is 32.6 Å². The Labute approximate surface area is 163 Å². The molecule has 0 unspecified atom stereocenters. The predicted molar refractivity (Wildman–Crippen MR) is 102 cm³/mol. The second kappa shape index (κ2) is 8.37. The molecule has 28 heavy (non-hydrogen) atoms. The molecule has 1 aliphatic carbocycles. The lowest BCUT2D eigenvalue weighted by Gasteiger charge is -2.14. The summed E-state index contributed by atoms with van der Waals surface area (Å²) in [4.78, 5) is 49.6. The fraction of sp³-hybridized carbons (Fsp3) is 0.429. The predicted octanol–water partition coefficient (Wildman–Crippen LogP) is 2.24. The second-order valence-corrected chi connectivity index (χ2v) is 7.40. The zero-order valence-corrected chi connectivity index (χ0v) is 16.0. The van der Waals surface area contributed by atoms with E-state index in [4.69, 9.17) is 4.74 Å². The smallest absolute Gasteiger partial charge is 0.326 e. The van der Waals surface area contributed by atoms with Crippen molar-refractivity contribution in [2.24, 2.45) is 11.8 Å². The molecule has 1 heterocycles. The molecule has 7 heteroatoms. The minimum absolute atomic E-state index is 0.342. The summed E-state index contributed by atoms with van der Waals surface area (Å²) in [6.07, 6.45) is 4.79. The zero-order chi connectivity index (χ0) is 20.3. The third-order valence-corrected chi connectivity index (χ3v) is 5.11. The highest BCUT2D eigenvalue weighted by molar-refractivity contribution is 6.07. The van der Waals surface area contributed by atoms with Crippen molar-refractivity contribution in [1.82, 2.24) is 4.90 Å². The number of carbonyl (C=O) groups excluding carboxylic acids is 4. The Morgan fingerprint density at radius 3 is 2.18 bits per heavy atom. The maximum Gasteiger partial charge on any atom is 0.326 e. The second-order valence-electron chi connectivity index (χ2n) is 7.40. The summed E-state index contributed by atoms with van der Waals surface area (Å²) in [5.74, 6) is -2.33. The Bertz CT molecular complexity index is 787. The minimum atomic E-state index is -0.779. The van der Waals surface area contributed by atoms with Crippen molar-refractivity contribution >= 4 is 29.4 Å². The number of imide groups is 1. The van der Waals surface area contributed by atoms with Gasteiger partial charge in [-0.05, 0) is 36.5 Å². The molecule has 0 spiro atoms.